The lowest BCUT2D eigenvalue weighted by Gasteiger charge is -2.32. The maximum atomic E-state index is 11.5. The Morgan fingerprint density at radius 1 is 1.29 bits per heavy atom. The number of carboxylic acids is 2. The lowest BCUT2D eigenvalue weighted by molar-refractivity contribution is -0.145. The first-order chi connectivity index (χ1) is 9.87. The minimum Gasteiger partial charge on any atom is -0.481 e. The van der Waals surface area contributed by atoms with Crippen LogP contribution < -0.4 is 0 Å². The van der Waals surface area contributed by atoms with Crippen molar-refractivity contribution >= 4 is 11.9 Å². The molecule has 4 heteroatoms. The molecule has 1 fully saturated rings. The van der Waals surface area contributed by atoms with Gasteiger partial charge in [0.1, 0.15) is 0 Å². The summed E-state index contributed by atoms with van der Waals surface area (Å²) >= 11 is 0. The maximum Gasteiger partial charge on any atom is 0.331 e. The van der Waals surface area contributed by atoms with Gasteiger partial charge in [-0.2, -0.15) is 0 Å². The van der Waals surface area contributed by atoms with Crippen molar-refractivity contribution in [2.45, 2.75) is 46.0 Å². The molecule has 0 aromatic rings. The number of allylic oxidation sites excluding steroid dienone is 4. The second kappa shape index (κ2) is 5.88. The first-order valence-corrected chi connectivity index (χ1v) is 7.40. The largest absolute Gasteiger partial charge is 0.481 e. The molecule has 2 aliphatic rings. The van der Waals surface area contributed by atoms with Gasteiger partial charge in [0, 0.05) is 5.57 Å². The van der Waals surface area contributed by atoms with Crippen molar-refractivity contribution in [1.82, 2.24) is 0 Å². The van der Waals surface area contributed by atoms with Crippen molar-refractivity contribution in [2.24, 2.45) is 11.3 Å². The molecule has 4 nitrogen and oxygen atoms in total. The summed E-state index contributed by atoms with van der Waals surface area (Å²) < 4.78 is 0. The predicted octanol–water partition coefficient (Wildman–Crippen LogP) is 3.55. The van der Waals surface area contributed by atoms with E-state index in [1.165, 1.54) is 5.57 Å². The number of aliphatic carboxylic acids is 2. The average Bonchev–Trinajstić information content (AvgIpc) is 2.47. The second-order valence-electron chi connectivity index (χ2n) is 6.19. The van der Waals surface area contributed by atoms with Gasteiger partial charge in [-0.05, 0) is 57.4 Å². The van der Waals surface area contributed by atoms with Crippen LogP contribution in [0.5, 0.6) is 0 Å². The molecule has 0 aromatic heterocycles. The minimum atomic E-state index is -1.11. The molecule has 0 radical (unpaired) electrons. The van der Waals surface area contributed by atoms with E-state index in [4.69, 9.17) is 0 Å². The number of carbonyl (C=O) groups is 2. The van der Waals surface area contributed by atoms with E-state index in [0.717, 1.165) is 31.3 Å². The fraction of sp³-hybridized carbons (Fsp3) is 0.529. The van der Waals surface area contributed by atoms with Crippen LogP contribution in [0.4, 0.5) is 0 Å². The fourth-order valence-electron chi connectivity index (χ4n) is 3.22. The smallest absolute Gasteiger partial charge is 0.331 e. The van der Waals surface area contributed by atoms with Crippen molar-refractivity contribution in [1.29, 1.82) is 0 Å². The van der Waals surface area contributed by atoms with Gasteiger partial charge in [-0.1, -0.05) is 23.8 Å². The number of hydrogen-bond acceptors (Lipinski definition) is 2. The van der Waals surface area contributed by atoms with Gasteiger partial charge in [0.2, 0.25) is 0 Å². The Balaban J connectivity index is 2.27. The molecule has 0 spiro atoms. The van der Waals surface area contributed by atoms with Crippen molar-refractivity contribution in [3.05, 3.63) is 34.9 Å². The van der Waals surface area contributed by atoms with Crippen LogP contribution >= 0.6 is 0 Å². The molecule has 0 aromatic carbocycles. The Bertz CT molecular complexity index is 543. The van der Waals surface area contributed by atoms with Gasteiger partial charge >= 0.3 is 11.9 Å². The summed E-state index contributed by atoms with van der Waals surface area (Å²) in [4.78, 5) is 22.9. The van der Waals surface area contributed by atoms with Gasteiger partial charge in [0.15, 0.2) is 0 Å². The van der Waals surface area contributed by atoms with E-state index in [0.29, 0.717) is 0 Å². The van der Waals surface area contributed by atoms with Crippen LogP contribution in [-0.4, -0.2) is 22.2 Å². The monoisotopic (exact) mass is 290 g/mol. The lowest BCUT2D eigenvalue weighted by Crippen LogP contribution is -2.31. The molecule has 114 valence electrons. The molecule has 0 bridgehead atoms. The quantitative estimate of drug-likeness (QED) is 0.779. The highest BCUT2D eigenvalue weighted by atomic mass is 16.4. The minimum absolute atomic E-state index is 0.0659. The molecular weight excluding hydrogens is 268 g/mol. The van der Waals surface area contributed by atoms with E-state index in [-0.39, 0.29) is 17.9 Å². The topological polar surface area (TPSA) is 74.6 Å². The Labute approximate surface area is 124 Å². The molecular formula is C17H22O4. The molecule has 21 heavy (non-hydrogen) atoms. The third-order valence-electron chi connectivity index (χ3n) is 4.75. The molecule has 0 amide bonds. The van der Waals surface area contributed by atoms with Gasteiger partial charge < -0.3 is 10.2 Å². The number of rotatable bonds is 3. The van der Waals surface area contributed by atoms with Crippen LogP contribution in [-0.2, 0) is 9.59 Å². The van der Waals surface area contributed by atoms with Crippen LogP contribution in [0.1, 0.15) is 46.0 Å². The summed E-state index contributed by atoms with van der Waals surface area (Å²) in [5.74, 6) is -1.73. The van der Waals surface area contributed by atoms with Crippen molar-refractivity contribution in [3.8, 4) is 0 Å². The van der Waals surface area contributed by atoms with E-state index in [1.807, 2.05) is 6.92 Å². The fourth-order valence-corrected chi connectivity index (χ4v) is 3.22. The Morgan fingerprint density at radius 3 is 2.38 bits per heavy atom. The first kappa shape index (κ1) is 15.5. The van der Waals surface area contributed by atoms with E-state index < -0.39 is 17.4 Å². The molecule has 0 aliphatic heterocycles. The molecule has 1 unspecified atom stereocenters. The van der Waals surface area contributed by atoms with Crippen molar-refractivity contribution in [3.63, 3.8) is 0 Å². The molecule has 1 saturated carbocycles. The van der Waals surface area contributed by atoms with Crippen LogP contribution in [0.15, 0.2) is 34.9 Å². The van der Waals surface area contributed by atoms with Gasteiger partial charge in [0.25, 0.3) is 0 Å². The van der Waals surface area contributed by atoms with E-state index >= 15 is 0 Å². The third-order valence-corrected chi connectivity index (χ3v) is 4.75. The van der Waals surface area contributed by atoms with Gasteiger partial charge in [-0.25, -0.2) is 4.79 Å². The SMILES string of the molecule is CC=C1CCC(C2=C(C(=O)O)CC(C)(C(=O)O)C=C2)CC1. The van der Waals surface area contributed by atoms with Crippen LogP contribution in [0.25, 0.3) is 0 Å². The lowest BCUT2D eigenvalue weighted by atomic mass is 9.72. The normalized spacial score (nSPS) is 29.4. The molecule has 2 aliphatic carbocycles. The summed E-state index contributed by atoms with van der Waals surface area (Å²) in [7, 11) is 0. The molecule has 2 rings (SSSR count). The van der Waals surface area contributed by atoms with Crippen molar-refractivity contribution in [2.75, 3.05) is 0 Å². The number of hydrogen-bond donors (Lipinski definition) is 2. The van der Waals surface area contributed by atoms with Crippen molar-refractivity contribution < 1.29 is 19.8 Å². The van der Waals surface area contributed by atoms with E-state index in [1.54, 1.807) is 19.1 Å². The summed E-state index contributed by atoms with van der Waals surface area (Å²) in [5.41, 5.74) is 1.42. The summed E-state index contributed by atoms with van der Waals surface area (Å²) in [6.07, 6.45) is 9.50. The molecule has 0 saturated heterocycles. The Kier molecular flexibility index (Phi) is 4.35. The molecule has 2 N–H and O–H groups in total. The zero-order chi connectivity index (χ0) is 15.6. The summed E-state index contributed by atoms with van der Waals surface area (Å²) in [6.45, 7) is 3.61. The standard InChI is InChI=1S/C17H22O4/c1-3-11-4-6-12(7-5-11)13-8-9-17(2,16(20)21)10-14(13)15(18)19/h3,8-9,12H,4-7,10H2,1-2H3,(H,18,19)(H,20,21). The summed E-state index contributed by atoms with van der Waals surface area (Å²) in [5, 5.41) is 18.7. The maximum absolute atomic E-state index is 11.5. The van der Waals surface area contributed by atoms with Gasteiger partial charge in [-0.15, -0.1) is 0 Å². The summed E-state index contributed by atoms with van der Waals surface area (Å²) in [6, 6.07) is 0. The average molecular weight is 290 g/mol. The zero-order valence-electron chi connectivity index (χ0n) is 12.6. The Morgan fingerprint density at radius 2 is 1.90 bits per heavy atom. The van der Waals surface area contributed by atoms with Crippen LogP contribution in [0, 0.1) is 11.3 Å². The van der Waals surface area contributed by atoms with Crippen LogP contribution in [0.3, 0.4) is 0 Å². The van der Waals surface area contributed by atoms with Gasteiger partial charge in [0.05, 0.1) is 5.41 Å². The van der Waals surface area contributed by atoms with Gasteiger partial charge in [-0.3, -0.25) is 4.79 Å². The first-order valence-electron chi connectivity index (χ1n) is 7.40. The molecule has 1 atom stereocenters. The highest BCUT2D eigenvalue weighted by Gasteiger charge is 2.38. The highest BCUT2D eigenvalue weighted by Crippen LogP contribution is 2.41. The van der Waals surface area contributed by atoms with E-state index in [2.05, 4.69) is 6.08 Å². The zero-order valence-corrected chi connectivity index (χ0v) is 12.6. The van der Waals surface area contributed by atoms with E-state index in [9.17, 15) is 19.8 Å². The third kappa shape index (κ3) is 3.09. The Hall–Kier alpha value is -1.84. The highest BCUT2D eigenvalue weighted by molar-refractivity contribution is 5.91. The van der Waals surface area contributed by atoms with Crippen LogP contribution in [0.2, 0.25) is 0 Å². The number of carboxylic acid groups (broad SMARTS) is 2. The second-order valence-corrected chi connectivity index (χ2v) is 6.19. The predicted molar refractivity (Wildman–Crippen MR) is 79.9 cm³/mol. The molecule has 0 heterocycles.